The Morgan fingerprint density at radius 3 is 2.57 bits per heavy atom. The molecule has 148 valence electrons. The summed E-state index contributed by atoms with van der Waals surface area (Å²) in [5.41, 5.74) is 4.60. The van der Waals surface area contributed by atoms with Gasteiger partial charge in [-0.3, -0.25) is 4.79 Å². The minimum Gasteiger partial charge on any atom is -0.364 e. The quantitative estimate of drug-likeness (QED) is 0.636. The molecule has 0 spiro atoms. The second kappa shape index (κ2) is 7.10. The summed E-state index contributed by atoms with van der Waals surface area (Å²) >= 11 is 3.55. The number of carbonyl (C=O) groups excluding carboxylic acids is 1. The highest BCUT2D eigenvalue weighted by Gasteiger charge is 2.42. The molecule has 1 fully saturated rings. The van der Waals surface area contributed by atoms with Gasteiger partial charge in [-0.2, -0.15) is 13.2 Å². The zero-order valence-electron chi connectivity index (χ0n) is 15.3. The van der Waals surface area contributed by atoms with E-state index in [1.807, 2.05) is 18.2 Å². The fourth-order valence-corrected chi connectivity index (χ4v) is 4.84. The molecule has 0 bridgehead atoms. The Morgan fingerprint density at radius 1 is 1.14 bits per heavy atom. The summed E-state index contributed by atoms with van der Waals surface area (Å²) in [5, 5.41) is 2.19. The Morgan fingerprint density at radius 2 is 1.86 bits per heavy atom. The van der Waals surface area contributed by atoms with Gasteiger partial charge < -0.3 is 10.2 Å². The van der Waals surface area contributed by atoms with Crippen molar-refractivity contribution in [2.75, 3.05) is 11.4 Å². The number of hydrogen-bond donors (Lipinski definition) is 1. The van der Waals surface area contributed by atoms with Crippen molar-refractivity contribution >= 4 is 27.5 Å². The Balaban J connectivity index is 1.73. The molecule has 4 rings (SSSR count). The molecular weight excluding hydrogens is 433 g/mol. The number of nitrogens with one attached hydrogen (secondary N) is 1. The molecule has 0 radical (unpaired) electrons. The molecule has 2 aliphatic heterocycles. The van der Waals surface area contributed by atoms with E-state index in [0.29, 0.717) is 19.4 Å². The first kappa shape index (κ1) is 19.3. The molecule has 2 aromatic carbocycles. The third-order valence-electron chi connectivity index (χ3n) is 5.78. The summed E-state index contributed by atoms with van der Waals surface area (Å²) in [6, 6.07) is 13.7. The van der Waals surface area contributed by atoms with Crippen LogP contribution in [-0.4, -0.2) is 24.7 Å². The second-order valence-corrected chi connectivity index (χ2v) is 8.37. The number of amides is 1. The maximum absolute atomic E-state index is 12.7. The summed E-state index contributed by atoms with van der Waals surface area (Å²) in [6.07, 6.45) is -3.93. The molecule has 3 nitrogen and oxygen atoms in total. The zero-order valence-corrected chi connectivity index (χ0v) is 16.8. The SMILES string of the molecule is C[C@H]1c2ccccc2[C@@H]2CC(NC(=O)C(F)(F)F)CCN2c2ccc(Br)cc21. The molecule has 1 saturated heterocycles. The van der Waals surface area contributed by atoms with Crippen LogP contribution in [0.25, 0.3) is 0 Å². The number of rotatable bonds is 1. The fraction of sp³-hybridized carbons (Fsp3) is 0.381. The van der Waals surface area contributed by atoms with Gasteiger partial charge in [0.1, 0.15) is 0 Å². The van der Waals surface area contributed by atoms with Crippen molar-refractivity contribution in [3.05, 3.63) is 63.6 Å². The lowest BCUT2D eigenvalue weighted by Gasteiger charge is -2.41. The van der Waals surface area contributed by atoms with E-state index in [4.69, 9.17) is 0 Å². The zero-order chi connectivity index (χ0) is 20.1. The Hall–Kier alpha value is -2.02. The van der Waals surface area contributed by atoms with Crippen molar-refractivity contribution < 1.29 is 18.0 Å². The van der Waals surface area contributed by atoms with Crippen LogP contribution >= 0.6 is 15.9 Å². The summed E-state index contributed by atoms with van der Waals surface area (Å²) in [5.74, 6) is -1.69. The summed E-state index contributed by atoms with van der Waals surface area (Å²) < 4.78 is 39.1. The van der Waals surface area contributed by atoms with Crippen molar-refractivity contribution in [2.45, 2.75) is 43.9 Å². The average molecular weight is 453 g/mol. The monoisotopic (exact) mass is 452 g/mol. The molecule has 1 amide bonds. The Labute approximate surface area is 170 Å². The van der Waals surface area contributed by atoms with E-state index >= 15 is 0 Å². The van der Waals surface area contributed by atoms with Crippen LogP contribution in [0.5, 0.6) is 0 Å². The van der Waals surface area contributed by atoms with Crippen LogP contribution in [0.15, 0.2) is 46.9 Å². The topological polar surface area (TPSA) is 32.3 Å². The maximum Gasteiger partial charge on any atom is 0.471 e. The van der Waals surface area contributed by atoms with Crippen LogP contribution in [-0.2, 0) is 4.79 Å². The molecule has 0 saturated carbocycles. The molecule has 2 aliphatic rings. The number of halogens is 4. The number of hydrogen-bond acceptors (Lipinski definition) is 2. The highest BCUT2D eigenvalue weighted by atomic mass is 79.9. The first-order valence-electron chi connectivity index (χ1n) is 9.28. The predicted octanol–water partition coefficient (Wildman–Crippen LogP) is 5.30. The highest BCUT2D eigenvalue weighted by molar-refractivity contribution is 9.10. The normalized spacial score (nSPS) is 23.9. The Kier molecular flexibility index (Phi) is 4.89. The third kappa shape index (κ3) is 3.41. The van der Waals surface area contributed by atoms with Gasteiger partial charge in [0.05, 0.1) is 6.04 Å². The summed E-state index contributed by atoms with van der Waals surface area (Å²) in [4.78, 5) is 13.7. The van der Waals surface area contributed by atoms with Crippen LogP contribution in [0.1, 0.15) is 48.4 Å². The number of anilines is 1. The lowest BCUT2D eigenvalue weighted by atomic mass is 9.86. The predicted molar refractivity (Wildman–Crippen MR) is 105 cm³/mol. The van der Waals surface area contributed by atoms with Crippen LogP contribution in [0, 0.1) is 0 Å². The van der Waals surface area contributed by atoms with E-state index in [-0.39, 0.29) is 12.0 Å². The summed E-state index contributed by atoms with van der Waals surface area (Å²) in [7, 11) is 0. The number of piperidine rings is 1. The van der Waals surface area contributed by atoms with Crippen LogP contribution < -0.4 is 10.2 Å². The van der Waals surface area contributed by atoms with Gasteiger partial charge in [-0.05, 0) is 47.7 Å². The van der Waals surface area contributed by atoms with Gasteiger partial charge in [-0.25, -0.2) is 0 Å². The maximum atomic E-state index is 12.7. The van der Waals surface area contributed by atoms with Gasteiger partial charge in [0.15, 0.2) is 0 Å². The fourth-order valence-electron chi connectivity index (χ4n) is 4.46. The Bertz CT molecular complexity index is 915. The van der Waals surface area contributed by atoms with E-state index in [1.54, 1.807) is 0 Å². The number of benzene rings is 2. The number of fused-ring (bicyclic) bond motifs is 5. The van der Waals surface area contributed by atoms with Gasteiger partial charge >= 0.3 is 12.1 Å². The van der Waals surface area contributed by atoms with Crippen molar-refractivity contribution in [1.29, 1.82) is 0 Å². The largest absolute Gasteiger partial charge is 0.471 e. The smallest absolute Gasteiger partial charge is 0.364 e. The molecule has 0 aromatic heterocycles. The molecule has 2 heterocycles. The highest BCUT2D eigenvalue weighted by Crippen LogP contribution is 2.47. The van der Waals surface area contributed by atoms with Crippen molar-refractivity contribution in [2.24, 2.45) is 0 Å². The van der Waals surface area contributed by atoms with Crippen molar-refractivity contribution in [3.8, 4) is 0 Å². The van der Waals surface area contributed by atoms with Crippen LogP contribution in [0.2, 0.25) is 0 Å². The first-order chi connectivity index (χ1) is 13.3. The molecule has 2 aromatic rings. The standard InChI is InChI=1S/C21H20BrF3N2O/c1-12-15-4-2-3-5-16(15)19-11-14(26-20(28)21(23,24)25)8-9-27(19)18-7-6-13(22)10-17(12)18/h2-7,10,12,14,19H,8-9,11H2,1H3,(H,26,28)/t12-,14?,19-/m0/s1. The lowest BCUT2D eigenvalue weighted by Crippen LogP contribution is -2.49. The molecule has 28 heavy (non-hydrogen) atoms. The second-order valence-electron chi connectivity index (χ2n) is 7.46. The molecule has 3 atom stereocenters. The number of alkyl halides is 3. The molecule has 0 aliphatic carbocycles. The van der Waals surface area contributed by atoms with E-state index in [1.165, 1.54) is 11.1 Å². The average Bonchev–Trinajstić information content (AvgIpc) is 2.75. The van der Waals surface area contributed by atoms with Gasteiger partial charge in [0.2, 0.25) is 0 Å². The van der Waals surface area contributed by atoms with E-state index in [0.717, 1.165) is 15.7 Å². The molecular formula is C21H20BrF3N2O. The first-order valence-corrected chi connectivity index (χ1v) is 10.1. The third-order valence-corrected chi connectivity index (χ3v) is 6.28. The van der Waals surface area contributed by atoms with Crippen molar-refractivity contribution in [1.82, 2.24) is 5.32 Å². The van der Waals surface area contributed by atoms with Crippen molar-refractivity contribution in [3.63, 3.8) is 0 Å². The van der Waals surface area contributed by atoms with Crippen LogP contribution in [0.4, 0.5) is 18.9 Å². The molecule has 1 unspecified atom stereocenters. The molecule has 7 heteroatoms. The van der Waals surface area contributed by atoms with Crippen LogP contribution in [0.3, 0.4) is 0 Å². The van der Waals surface area contributed by atoms with E-state index in [9.17, 15) is 18.0 Å². The number of nitrogens with zero attached hydrogens (tertiary/aromatic N) is 1. The minimum absolute atomic E-state index is 0.0756. The number of carbonyl (C=O) groups is 1. The lowest BCUT2D eigenvalue weighted by molar-refractivity contribution is -0.174. The van der Waals surface area contributed by atoms with Gasteiger partial charge in [-0.1, -0.05) is 47.1 Å². The van der Waals surface area contributed by atoms with Gasteiger partial charge in [0, 0.05) is 28.7 Å². The molecule has 1 N–H and O–H groups in total. The summed E-state index contributed by atoms with van der Waals surface area (Å²) in [6.45, 7) is 2.74. The minimum atomic E-state index is -4.86. The van der Waals surface area contributed by atoms with E-state index < -0.39 is 18.1 Å². The van der Waals surface area contributed by atoms with Gasteiger partial charge in [0.25, 0.3) is 0 Å². The van der Waals surface area contributed by atoms with Gasteiger partial charge in [-0.15, -0.1) is 0 Å². The van der Waals surface area contributed by atoms with E-state index in [2.05, 4.69) is 57.3 Å².